The minimum absolute atomic E-state index is 0.156. The summed E-state index contributed by atoms with van der Waals surface area (Å²) in [6, 6.07) is 8.68. The summed E-state index contributed by atoms with van der Waals surface area (Å²) in [4.78, 5) is 1.53. The summed E-state index contributed by atoms with van der Waals surface area (Å²) in [6.45, 7) is 2.06. The van der Waals surface area contributed by atoms with Crippen molar-refractivity contribution in [3.05, 3.63) is 56.2 Å². The Balaban J connectivity index is 1.79. The van der Waals surface area contributed by atoms with Crippen LogP contribution in [0.2, 0.25) is 5.02 Å². The molecule has 1 heterocycles. The van der Waals surface area contributed by atoms with Crippen LogP contribution in [-0.2, 0) is 12.8 Å². The summed E-state index contributed by atoms with van der Waals surface area (Å²) in [5.74, 6) is 0.488. The molecule has 0 saturated carbocycles. The van der Waals surface area contributed by atoms with E-state index in [1.54, 1.807) is 0 Å². The van der Waals surface area contributed by atoms with Crippen molar-refractivity contribution in [2.24, 2.45) is 5.73 Å². The molecule has 3 heteroatoms. The molecule has 0 aliphatic heterocycles. The van der Waals surface area contributed by atoms with Crippen LogP contribution in [0.4, 0.5) is 0 Å². The Labute approximate surface area is 129 Å². The molecule has 0 bridgehead atoms. The standard InChI is InChI=1S/C17H20ClNS/c1-11-5-6-12(15(18)9-11)10-16(19)13-3-2-4-17-14(13)7-8-20-17/h5-9,13,16H,2-4,10,19H2,1H3. The van der Waals surface area contributed by atoms with Crippen LogP contribution >= 0.6 is 22.9 Å². The van der Waals surface area contributed by atoms with Crippen molar-refractivity contribution in [1.29, 1.82) is 0 Å². The molecule has 2 N–H and O–H groups in total. The van der Waals surface area contributed by atoms with Gasteiger partial charge < -0.3 is 5.73 Å². The van der Waals surface area contributed by atoms with Gasteiger partial charge in [-0.2, -0.15) is 0 Å². The van der Waals surface area contributed by atoms with E-state index in [2.05, 4.69) is 30.5 Å². The molecule has 1 aromatic carbocycles. The molecule has 1 aromatic heterocycles. The second-order valence-electron chi connectivity index (χ2n) is 5.76. The van der Waals surface area contributed by atoms with Gasteiger partial charge in [-0.3, -0.25) is 0 Å². The van der Waals surface area contributed by atoms with E-state index in [4.69, 9.17) is 17.3 Å². The van der Waals surface area contributed by atoms with Crippen LogP contribution < -0.4 is 5.73 Å². The quantitative estimate of drug-likeness (QED) is 0.874. The zero-order valence-electron chi connectivity index (χ0n) is 11.7. The van der Waals surface area contributed by atoms with Gasteiger partial charge in [-0.25, -0.2) is 0 Å². The van der Waals surface area contributed by atoms with E-state index >= 15 is 0 Å². The molecule has 3 rings (SSSR count). The Hall–Kier alpha value is -0.830. The molecule has 0 radical (unpaired) electrons. The maximum absolute atomic E-state index is 6.51. The minimum atomic E-state index is 0.156. The van der Waals surface area contributed by atoms with Gasteiger partial charge in [0.1, 0.15) is 0 Å². The summed E-state index contributed by atoms with van der Waals surface area (Å²) in [7, 11) is 0. The van der Waals surface area contributed by atoms with E-state index < -0.39 is 0 Å². The molecule has 2 aromatic rings. The molecule has 1 aliphatic rings. The van der Waals surface area contributed by atoms with E-state index in [-0.39, 0.29) is 6.04 Å². The largest absolute Gasteiger partial charge is 0.327 e. The van der Waals surface area contributed by atoms with Crippen LogP contribution in [-0.4, -0.2) is 6.04 Å². The Morgan fingerprint density at radius 1 is 1.40 bits per heavy atom. The van der Waals surface area contributed by atoms with E-state index in [1.165, 1.54) is 40.8 Å². The number of nitrogens with two attached hydrogens (primary N) is 1. The molecule has 0 saturated heterocycles. The van der Waals surface area contributed by atoms with Crippen molar-refractivity contribution in [2.45, 2.75) is 44.6 Å². The zero-order valence-corrected chi connectivity index (χ0v) is 13.3. The third-order valence-corrected chi connectivity index (χ3v) is 5.63. The Kier molecular flexibility index (Phi) is 4.16. The minimum Gasteiger partial charge on any atom is -0.327 e. The maximum Gasteiger partial charge on any atom is 0.0441 e. The first-order chi connectivity index (χ1) is 9.65. The van der Waals surface area contributed by atoms with Crippen molar-refractivity contribution in [3.63, 3.8) is 0 Å². The van der Waals surface area contributed by atoms with Gasteiger partial charge in [0, 0.05) is 21.9 Å². The fourth-order valence-electron chi connectivity index (χ4n) is 3.18. The van der Waals surface area contributed by atoms with Crippen molar-refractivity contribution < 1.29 is 0 Å². The number of hydrogen-bond acceptors (Lipinski definition) is 2. The average Bonchev–Trinajstić information content (AvgIpc) is 2.90. The average molecular weight is 306 g/mol. The van der Waals surface area contributed by atoms with Crippen molar-refractivity contribution in [1.82, 2.24) is 0 Å². The summed E-state index contributed by atoms with van der Waals surface area (Å²) < 4.78 is 0. The lowest BCUT2D eigenvalue weighted by Gasteiger charge is -2.28. The highest BCUT2D eigenvalue weighted by Gasteiger charge is 2.26. The van der Waals surface area contributed by atoms with Gasteiger partial charge in [-0.05, 0) is 66.8 Å². The third kappa shape index (κ3) is 2.78. The van der Waals surface area contributed by atoms with Gasteiger partial charge in [-0.1, -0.05) is 23.7 Å². The second-order valence-corrected chi connectivity index (χ2v) is 7.17. The molecule has 0 spiro atoms. The number of hydrogen-bond donors (Lipinski definition) is 1. The third-order valence-electron chi connectivity index (χ3n) is 4.28. The van der Waals surface area contributed by atoms with E-state index in [0.29, 0.717) is 5.92 Å². The smallest absolute Gasteiger partial charge is 0.0441 e. The lowest BCUT2D eigenvalue weighted by Crippen LogP contribution is -2.32. The Bertz CT molecular complexity index is 605. The molecule has 1 aliphatic carbocycles. The first-order valence-electron chi connectivity index (χ1n) is 7.22. The Morgan fingerprint density at radius 2 is 2.25 bits per heavy atom. The van der Waals surface area contributed by atoms with Crippen molar-refractivity contribution >= 4 is 22.9 Å². The maximum atomic E-state index is 6.51. The first-order valence-corrected chi connectivity index (χ1v) is 8.48. The number of aryl methyl sites for hydroxylation is 2. The number of thiophene rings is 1. The number of benzene rings is 1. The van der Waals surface area contributed by atoms with Crippen LogP contribution in [0.3, 0.4) is 0 Å². The van der Waals surface area contributed by atoms with Gasteiger partial charge in [0.05, 0.1) is 0 Å². The topological polar surface area (TPSA) is 26.0 Å². The molecule has 0 fully saturated rings. The van der Waals surface area contributed by atoms with Gasteiger partial charge >= 0.3 is 0 Å². The molecule has 2 unspecified atom stereocenters. The summed E-state index contributed by atoms with van der Waals surface area (Å²) in [6.07, 6.45) is 4.54. The Morgan fingerprint density at radius 3 is 3.05 bits per heavy atom. The zero-order chi connectivity index (χ0) is 14.1. The number of rotatable bonds is 3. The van der Waals surface area contributed by atoms with Crippen LogP contribution in [0.25, 0.3) is 0 Å². The van der Waals surface area contributed by atoms with Gasteiger partial charge in [0.25, 0.3) is 0 Å². The van der Waals surface area contributed by atoms with Crippen molar-refractivity contribution in [3.8, 4) is 0 Å². The molecule has 1 nitrogen and oxygen atoms in total. The second kappa shape index (κ2) is 5.88. The summed E-state index contributed by atoms with van der Waals surface area (Å²) in [5.41, 5.74) is 10.4. The van der Waals surface area contributed by atoms with Crippen LogP contribution in [0.1, 0.15) is 40.3 Å². The highest BCUT2D eigenvalue weighted by atomic mass is 35.5. The molecular weight excluding hydrogens is 286 g/mol. The van der Waals surface area contributed by atoms with Crippen LogP contribution in [0.15, 0.2) is 29.6 Å². The fourth-order valence-corrected chi connectivity index (χ4v) is 4.49. The molecule has 20 heavy (non-hydrogen) atoms. The lowest BCUT2D eigenvalue weighted by molar-refractivity contribution is 0.464. The van der Waals surface area contributed by atoms with Gasteiger partial charge in [0.15, 0.2) is 0 Å². The lowest BCUT2D eigenvalue weighted by atomic mass is 9.81. The normalized spacial score (nSPS) is 19.6. The van der Waals surface area contributed by atoms with E-state index in [9.17, 15) is 0 Å². The number of fused-ring (bicyclic) bond motifs is 1. The number of halogens is 1. The molecule has 2 atom stereocenters. The monoisotopic (exact) mass is 305 g/mol. The van der Waals surface area contributed by atoms with E-state index in [1.807, 2.05) is 17.4 Å². The van der Waals surface area contributed by atoms with Gasteiger partial charge in [0.2, 0.25) is 0 Å². The predicted octanol–water partition coefficient (Wildman–Crippen LogP) is 4.70. The predicted molar refractivity (Wildman–Crippen MR) is 87.9 cm³/mol. The first kappa shape index (κ1) is 14.1. The van der Waals surface area contributed by atoms with E-state index in [0.717, 1.165) is 11.4 Å². The molecule has 106 valence electrons. The highest BCUT2D eigenvalue weighted by molar-refractivity contribution is 7.10. The van der Waals surface area contributed by atoms with Crippen molar-refractivity contribution in [2.75, 3.05) is 0 Å². The van der Waals surface area contributed by atoms with Gasteiger partial charge in [-0.15, -0.1) is 11.3 Å². The molecular formula is C17H20ClNS. The summed E-state index contributed by atoms with van der Waals surface area (Å²) >= 11 is 8.21. The fraction of sp³-hybridized carbons (Fsp3) is 0.412. The highest BCUT2D eigenvalue weighted by Crippen LogP contribution is 2.37. The summed E-state index contributed by atoms with van der Waals surface area (Å²) in [5, 5.41) is 3.05. The van der Waals surface area contributed by atoms with Crippen LogP contribution in [0, 0.1) is 6.92 Å². The molecule has 0 amide bonds. The van der Waals surface area contributed by atoms with Crippen LogP contribution in [0.5, 0.6) is 0 Å². The SMILES string of the molecule is Cc1ccc(CC(N)C2CCCc3sccc32)c(Cl)c1.